The fraction of sp³-hybridized carbons (Fsp3) is 0.471. The van der Waals surface area contributed by atoms with Crippen molar-refractivity contribution in [3.05, 3.63) is 46.5 Å². The van der Waals surface area contributed by atoms with Crippen LogP contribution in [-0.2, 0) is 4.74 Å². The van der Waals surface area contributed by atoms with Crippen LogP contribution in [-0.4, -0.2) is 12.6 Å². The van der Waals surface area contributed by atoms with Crippen LogP contribution in [0.5, 0.6) is 0 Å². The van der Waals surface area contributed by atoms with Gasteiger partial charge in [0, 0.05) is 5.92 Å². The molecular formula is C17H21ClO2. The first-order chi connectivity index (χ1) is 9.34. The van der Waals surface area contributed by atoms with Crippen molar-refractivity contribution in [1.29, 1.82) is 0 Å². The Morgan fingerprint density at radius 1 is 1.35 bits per heavy atom. The van der Waals surface area contributed by atoms with Crippen LogP contribution in [0, 0.1) is 17.3 Å². The molecule has 0 heterocycles. The second-order valence-electron chi connectivity index (χ2n) is 6.28. The minimum atomic E-state index is -0.339. The monoisotopic (exact) mass is 292 g/mol. The van der Waals surface area contributed by atoms with Crippen LogP contribution in [0.3, 0.4) is 0 Å². The first kappa shape index (κ1) is 15.1. The van der Waals surface area contributed by atoms with Gasteiger partial charge in [-0.1, -0.05) is 49.2 Å². The van der Waals surface area contributed by atoms with Crippen molar-refractivity contribution in [3.8, 4) is 0 Å². The molecule has 0 saturated heterocycles. The molecular weight excluding hydrogens is 272 g/mol. The standard InChI is InChI=1S/C17H21ClO2/c1-11(2)9-13-14(17(13,3)4)10-20-16(19)12-7-5-6-8-15(12)18/h5-9,13-14H,10H2,1-4H3. The lowest BCUT2D eigenvalue weighted by Gasteiger charge is -2.06. The number of hydrogen-bond acceptors (Lipinski definition) is 2. The number of rotatable bonds is 4. The van der Waals surface area contributed by atoms with Crippen LogP contribution in [0.2, 0.25) is 5.02 Å². The molecule has 2 rings (SSSR count). The van der Waals surface area contributed by atoms with E-state index in [9.17, 15) is 4.79 Å². The molecule has 3 heteroatoms. The molecule has 1 aromatic carbocycles. The smallest absolute Gasteiger partial charge is 0.339 e. The highest BCUT2D eigenvalue weighted by molar-refractivity contribution is 6.33. The minimum absolute atomic E-state index is 0.206. The van der Waals surface area contributed by atoms with E-state index in [1.54, 1.807) is 24.3 Å². The summed E-state index contributed by atoms with van der Waals surface area (Å²) in [5.41, 5.74) is 1.95. The maximum absolute atomic E-state index is 12.0. The number of allylic oxidation sites excluding steroid dienone is 2. The van der Waals surface area contributed by atoms with Crippen molar-refractivity contribution in [2.75, 3.05) is 6.61 Å². The molecule has 1 fully saturated rings. The molecule has 20 heavy (non-hydrogen) atoms. The number of carbonyl (C=O) groups excluding carboxylic acids is 1. The first-order valence-electron chi connectivity index (χ1n) is 6.90. The van der Waals surface area contributed by atoms with Gasteiger partial charge in [-0.2, -0.15) is 0 Å². The molecule has 0 amide bonds. The van der Waals surface area contributed by atoms with Gasteiger partial charge in [0.15, 0.2) is 0 Å². The van der Waals surface area contributed by atoms with Gasteiger partial charge < -0.3 is 4.74 Å². The molecule has 0 aromatic heterocycles. The first-order valence-corrected chi connectivity index (χ1v) is 7.28. The van der Waals surface area contributed by atoms with Gasteiger partial charge in [0.1, 0.15) is 0 Å². The molecule has 0 aliphatic heterocycles. The molecule has 0 radical (unpaired) electrons. The minimum Gasteiger partial charge on any atom is -0.462 e. The average Bonchev–Trinajstić information content (AvgIpc) is 2.87. The number of hydrogen-bond donors (Lipinski definition) is 0. The van der Waals surface area contributed by atoms with Gasteiger partial charge in [0.05, 0.1) is 17.2 Å². The zero-order chi connectivity index (χ0) is 14.9. The third-order valence-corrected chi connectivity index (χ3v) is 4.47. The summed E-state index contributed by atoms with van der Waals surface area (Å²) in [5.74, 6) is 0.546. The quantitative estimate of drug-likeness (QED) is 0.592. The Morgan fingerprint density at radius 2 is 2.00 bits per heavy atom. The fourth-order valence-electron chi connectivity index (χ4n) is 2.66. The van der Waals surface area contributed by atoms with Crippen LogP contribution in [0.15, 0.2) is 35.9 Å². The molecule has 0 N–H and O–H groups in total. The number of benzene rings is 1. The SMILES string of the molecule is CC(C)=CC1C(COC(=O)c2ccccc2Cl)C1(C)C. The molecule has 108 valence electrons. The van der Waals surface area contributed by atoms with Crippen molar-refractivity contribution in [3.63, 3.8) is 0 Å². The number of ether oxygens (including phenoxy) is 1. The van der Waals surface area contributed by atoms with Crippen molar-refractivity contribution >= 4 is 17.6 Å². The molecule has 0 bridgehead atoms. The Balaban J connectivity index is 1.96. The Morgan fingerprint density at radius 3 is 2.60 bits per heavy atom. The van der Waals surface area contributed by atoms with E-state index in [-0.39, 0.29) is 11.4 Å². The summed E-state index contributed by atoms with van der Waals surface area (Å²) >= 11 is 5.99. The Hall–Kier alpha value is -1.28. The van der Waals surface area contributed by atoms with E-state index in [1.165, 1.54) is 5.57 Å². The second kappa shape index (κ2) is 5.61. The zero-order valence-corrected chi connectivity index (χ0v) is 13.2. The van der Waals surface area contributed by atoms with Gasteiger partial charge in [-0.3, -0.25) is 0 Å². The lowest BCUT2D eigenvalue weighted by atomic mass is 10.1. The Kier molecular flexibility index (Phi) is 4.24. The summed E-state index contributed by atoms with van der Waals surface area (Å²) in [6.45, 7) is 9.07. The maximum atomic E-state index is 12.0. The van der Waals surface area contributed by atoms with E-state index in [0.29, 0.717) is 29.0 Å². The highest BCUT2D eigenvalue weighted by Gasteiger charge is 2.56. The number of esters is 1. The van der Waals surface area contributed by atoms with Gasteiger partial charge >= 0.3 is 5.97 Å². The van der Waals surface area contributed by atoms with Gasteiger partial charge in [-0.25, -0.2) is 4.79 Å². The van der Waals surface area contributed by atoms with E-state index in [2.05, 4.69) is 33.8 Å². The van der Waals surface area contributed by atoms with Crippen LogP contribution < -0.4 is 0 Å². The van der Waals surface area contributed by atoms with E-state index in [4.69, 9.17) is 16.3 Å². The van der Waals surface area contributed by atoms with Gasteiger partial charge in [0.2, 0.25) is 0 Å². The average molecular weight is 293 g/mol. The number of halogens is 1. The largest absolute Gasteiger partial charge is 0.462 e. The topological polar surface area (TPSA) is 26.3 Å². The van der Waals surface area contributed by atoms with Crippen molar-refractivity contribution < 1.29 is 9.53 Å². The molecule has 1 aromatic rings. The molecule has 1 aliphatic carbocycles. The lowest BCUT2D eigenvalue weighted by molar-refractivity contribution is 0.0471. The molecule has 2 unspecified atom stereocenters. The fourth-order valence-corrected chi connectivity index (χ4v) is 2.88. The van der Waals surface area contributed by atoms with E-state index < -0.39 is 0 Å². The molecule has 0 spiro atoms. The van der Waals surface area contributed by atoms with Crippen LogP contribution in [0.25, 0.3) is 0 Å². The zero-order valence-electron chi connectivity index (χ0n) is 12.4. The van der Waals surface area contributed by atoms with Gasteiger partial charge in [-0.15, -0.1) is 0 Å². The predicted molar refractivity (Wildman–Crippen MR) is 81.9 cm³/mol. The Labute approximate surface area is 125 Å². The summed E-state index contributed by atoms with van der Waals surface area (Å²) in [5, 5.41) is 0.438. The highest BCUT2D eigenvalue weighted by atomic mass is 35.5. The molecule has 1 saturated carbocycles. The summed E-state index contributed by atoms with van der Waals surface area (Å²) < 4.78 is 5.43. The maximum Gasteiger partial charge on any atom is 0.339 e. The molecule has 1 aliphatic rings. The lowest BCUT2D eigenvalue weighted by Crippen LogP contribution is -2.10. The number of carbonyl (C=O) groups is 1. The van der Waals surface area contributed by atoms with Crippen molar-refractivity contribution in [2.24, 2.45) is 17.3 Å². The third kappa shape index (κ3) is 3.06. The Bertz CT molecular complexity index is 542. The summed E-state index contributed by atoms with van der Waals surface area (Å²) in [6, 6.07) is 6.98. The summed E-state index contributed by atoms with van der Waals surface area (Å²) in [6.07, 6.45) is 2.27. The van der Waals surface area contributed by atoms with Crippen LogP contribution in [0.4, 0.5) is 0 Å². The normalized spacial score (nSPS) is 23.1. The molecule has 2 nitrogen and oxygen atoms in total. The van der Waals surface area contributed by atoms with Crippen LogP contribution >= 0.6 is 11.6 Å². The molecule has 2 atom stereocenters. The van der Waals surface area contributed by atoms with E-state index >= 15 is 0 Å². The van der Waals surface area contributed by atoms with Crippen molar-refractivity contribution in [2.45, 2.75) is 27.7 Å². The second-order valence-corrected chi connectivity index (χ2v) is 6.68. The van der Waals surface area contributed by atoms with E-state index in [0.717, 1.165) is 0 Å². The predicted octanol–water partition coefficient (Wildman–Crippen LogP) is 4.74. The highest BCUT2D eigenvalue weighted by Crippen LogP contribution is 2.59. The van der Waals surface area contributed by atoms with Crippen molar-refractivity contribution in [1.82, 2.24) is 0 Å². The van der Waals surface area contributed by atoms with E-state index in [1.807, 2.05) is 0 Å². The summed E-state index contributed by atoms with van der Waals surface area (Å²) in [7, 11) is 0. The summed E-state index contributed by atoms with van der Waals surface area (Å²) in [4.78, 5) is 12.0. The van der Waals surface area contributed by atoms with Gasteiger partial charge in [-0.05, 0) is 37.3 Å². The van der Waals surface area contributed by atoms with Gasteiger partial charge in [0.25, 0.3) is 0 Å². The third-order valence-electron chi connectivity index (χ3n) is 4.14. The van der Waals surface area contributed by atoms with Crippen LogP contribution in [0.1, 0.15) is 38.1 Å².